The number of hydrogen-bond donors (Lipinski definition) is 3. The Morgan fingerprint density at radius 3 is 2.83 bits per heavy atom. The Bertz CT molecular complexity index is 1080. The summed E-state index contributed by atoms with van der Waals surface area (Å²) in [5.41, 5.74) is 1.94. The lowest BCUT2D eigenvalue weighted by atomic mass is 9.52. The number of carbonyl (C=O) groups is 1. The van der Waals surface area contributed by atoms with E-state index in [2.05, 4.69) is 30.9 Å². The third-order valence-corrected chi connectivity index (χ3v) is 7.40. The molecule has 3 N–H and O–H groups in total. The van der Waals surface area contributed by atoms with Gasteiger partial charge in [-0.3, -0.25) is 4.79 Å². The van der Waals surface area contributed by atoms with Crippen molar-refractivity contribution in [2.75, 3.05) is 0 Å². The van der Waals surface area contributed by atoms with Crippen LogP contribution in [0.15, 0.2) is 24.5 Å². The molecular formula is C21H25N7O2. The highest BCUT2D eigenvalue weighted by atomic mass is 16.3. The normalized spacial score (nSPS) is 32.0. The quantitative estimate of drug-likeness (QED) is 0.589. The van der Waals surface area contributed by atoms with E-state index in [4.69, 9.17) is 0 Å². The van der Waals surface area contributed by atoms with Crippen molar-refractivity contribution in [2.24, 2.45) is 17.8 Å². The van der Waals surface area contributed by atoms with Crippen molar-refractivity contribution in [3.05, 3.63) is 35.9 Å². The molecular weight excluding hydrogens is 382 g/mol. The lowest BCUT2D eigenvalue weighted by Crippen LogP contribution is -2.61. The number of tetrazole rings is 1. The first-order chi connectivity index (χ1) is 14.6. The maximum atomic E-state index is 13.0. The third kappa shape index (κ3) is 2.99. The summed E-state index contributed by atoms with van der Waals surface area (Å²) in [7, 11) is 0. The molecule has 4 saturated carbocycles. The summed E-state index contributed by atoms with van der Waals surface area (Å²) in [5, 5.41) is 27.9. The Balaban J connectivity index is 1.17. The van der Waals surface area contributed by atoms with Crippen LogP contribution in [-0.2, 0) is 13.0 Å². The number of hydrogen-bond acceptors (Lipinski definition) is 6. The summed E-state index contributed by atoms with van der Waals surface area (Å²) < 4.78 is 2.04. The molecule has 0 saturated heterocycles. The minimum atomic E-state index is -0.481. The Labute approximate surface area is 173 Å². The lowest BCUT2D eigenvalue weighted by Gasteiger charge is -2.58. The number of amides is 1. The summed E-state index contributed by atoms with van der Waals surface area (Å²) >= 11 is 0. The van der Waals surface area contributed by atoms with Crippen LogP contribution in [0, 0.1) is 17.8 Å². The van der Waals surface area contributed by atoms with Gasteiger partial charge in [0.2, 0.25) is 0 Å². The smallest absolute Gasteiger partial charge is 0.251 e. The van der Waals surface area contributed by atoms with Gasteiger partial charge in [0.15, 0.2) is 0 Å². The molecule has 0 spiro atoms. The molecule has 3 aromatic rings. The Morgan fingerprint density at radius 1 is 1.27 bits per heavy atom. The molecule has 4 fully saturated rings. The van der Waals surface area contributed by atoms with Gasteiger partial charge >= 0.3 is 0 Å². The van der Waals surface area contributed by atoms with E-state index in [-0.39, 0.29) is 11.9 Å². The molecule has 2 heterocycles. The molecule has 4 aliphatic carbocycles. The minimum Gasteiger partial charge on any atom is -0.390 e. The number of carbonyl (C=O) groups excluding carboxylic acids is 1. The fraction of sp³-hybridized carbons (Fsp3) is 0.571. The molecule has 7 rings (SSSR count). The summed E-state index contributed by atoms with van der Waals surface area (Å²) in [6.07, 6.45) is 7.34. The first-order valence-electron chi connectivity index (χ1n) is 10.8. The van der Waals surface area contributed by atoms with Crippen LogP contribution < -0.4 is 5.32 Å². The van der Waals surface area contributed by atoms with Gasteiger partial charge in [-0.05, 0) is 78.5 Å². The number of imidazole rings is 1. The lowest BCUT2D eigenvalue weighted by molar-refractivity contribution is -0.136. The fourth-order valence-electron chi connectivity index (χ4n) is 6.35. The van der Waals surface area contributed by atoms with Crippen molar-refractivity contribution in [1.29, 1.82) is 0 Å². The summed E-state index contributed by atoms with van der Waals surface area (Å²) in [4.78, 5) is 17.5. The standard InChI is InChI=1S/C21H25N7O2/c29-20(23-19-14-5-12-6-15(19)10-21(30,8-12)9-14)13-1-2-17-16(7-13)22-11-28(17)4-3-18-24-26-27-25-18/h1-2,7,11-12,14-15,19,30H,3-6,8-10H2,(H,23,29)(H,24,25,26,27)/t12?,14?,15?,19-,21-. The average molecular weight is 407 g/mol. The van der Waals surface area contributed by atoms with Crippen LogP contribution in [0.4, 0.5) is 0 Å². The molecule has 2 unspecified atom stereocenters. The number of nitrogens with zero attached hydrogens (tertiary/aromatic N) is 5. The van der Waals surface area contributed by atoms with E-state index in [9.17, 15) is 9.90 Å². The largest absolute Gasteiger partial charge is 0.390 e. The predicted molar refractivity (Wildman–Crippen MR) is 107 cm³/mol. The van der Waals surface area contributed by atoms with E-state index in [1.807, 2.05) is 22.8 Å². The monoisotopic (exact) mass is 407 g/mol. The number of rotatable bonds is 5. The van der Waals surface area contributed by atoms with Crippen LogP contribution in [0.25, 0.3) is 11.0 Å². The van der Waals surface area contributed by atoms with Crippen molar-refractivity contribution in [3.8, 4) is 0 Å². The van der Waals surface area contributed by atoms with Crippen molar-refractivity contribution >= 4 is 16.9 Å². The van der Waals surface area contributed by atoms with Crippen LogP contribution in [0.1, 0.15) is 48.3 Å². The van der Waals surface area contributed by atoms with Crippen LogP contribution in [0.5, 0.6) is 0 Å². The van der Waals surface area contributed by atoms with Crippen LogP contribution in [-0.4, -0.2) is 52.8 Å². The Kier molecular flexibility index (Phi) is 3.96. The van der Waals surface area contributed by atoms with Gasteiger partial charge in [0.1, 0.15) is 5.82 Å². The Hall–Kier alpha value is -2.81. The molecule has 4 aliphatic rings. The maximum Gasteiger partial charge on any atom is 0.251 e. The van der Waals surface area contributed by atoms with Gasteiger partial charge in [0, 0.05) is 24.6 Å². The highest BCUT2D eigenvalue weighted by molar-refractivity contribution is 5.97. The van der Waals surface area contributed by atoms with Gasteiger partial charge in [-0.1, -0.05) is 0 Å². The van der Waals surface area contributed by atoms with Gasteiger partial charge in [0.05, 0.1) is 23.0 Å². The zero-order valence-electron chi connectivity index (χ0n) is 16.7. The van der Waals surface area contributed by atoms with Crippen molar-refractivity contribution in [3.63, 3.8) is 0 Å². The number of aryl methyl sites for hydroxylation is 2. The van der Waals surface area contributed by atoms with Crippen molar-refractivity contribution < 1.29 is 9.90 Å². The number of aliphatic hydroxyl groups is 1. The molecule has 156 valence electrons. The van der Waals surface area contributed by atoms with Gasteiger partial charge in [-0.2, -0.15) is 0 Å². The van der Waals surface area contributed by atoms with E-state index >= 15 is 0 Å². The SMILES string of the molecule is O=C(N[C@H]1C2CC3CC1C[C@](O)(C3)C2)c1ccc2c(c1)ncn2CCc1nnn[nH]1. The molecule has 1 aromatic carbocycles. The van der Waals surface area contributed by atoms with Crippen LogP contribution >= 0.6 is 0 Å². The van der Waals surface area contributed by atoms with E-state index in [0.717, 1.165) is 49.0 Å². The minimum absolute atomic E-state index is 0.0383. The molecule has 2 atom stereocenters. The van der Waals surface area contributed by atoms with Gasteiger partial charge in [0.25, 0.3) is 5.91 Å². The van der Waals surface area contributed by atoms with Crippen molar-refractivity contribution in [2.45, 2.75) is 56.7 Å². The topological polar surface area (TPSA) is 122 Å². The molecule has 30 heavy (non-hydrogen) atoms. The van der Waals surface area contributed by atoms with Crippen LogP contribution in [0.2, 0.25) is 0 Å². The van der Waals surface area contributed by atoms with Gasteiger partial charge in [-0.25, -0.2) is 10.1 Å². The number of nitrogens with one attached hydrogen (secondary N) is 2. The summed E-state index contributed by atoms with van der Waals surface area (Å²) in [6.45, 7) is 0.703. The van der Waals surface area contributed by atoms with E-state index in [1.54, 1.807) is 6.33 Å². The number of H-pyrrole nitrogens is 1. The zero-order valence-corrected chi connectivity index (χ0v) is 16.7. The molecule has 2 aromatic heterocycles. The second kappa shape index (κ2) is 6.60. The predicted octanol–water partition coefficient (Wildman–Crippen LogP) is 1.46. The van der Waals surface area contributed by atoms with Gasteiger partial charge < -0.3 is 15.0 Å². The first kappa shape index (κ1) is 18.0. The number of fused-ring (bicyclic) bond motifs is 1. The maximum absolute atomic E-state index is 13.0. The number of aromatic nitrogens is 6. The molecule has 9 heteroatoms. The van der Waals surface area contributed by atoms with Crippen molar-refractivity contribution in [1.82, 2.24) is 35.5 Å². The molecule has 0 radical (unpaired) electrons. The third-order valence-electron chi connectivity index (χ3n) is 7.40. The van der Waals surface area contributed by atoms with Gasteiger partial charge in [-0.15, -0.1) is 5.10 Å². The fourth-order valence-corrected chi connectivity index (χ4v) is 6.35. The first-order valence-corrected chi connectivity index (χ1v) is 10.8. The molecule has 1 amide bonds. The van der Waals surface area contributed by atoms with Crippen LogP contribution in [0.3, 0.4) is 0 Å². The van der Waals surface area contributed by atoms with E-state index in [0.29, 0.717) is 36.3 Å². The second-order valence-corrected chi connectivity index (χ2v) is 9.43. The molecule has 0 aliphatic heterocycles. The average Bonchev–Trinajstić information content (AvgIpc) is 3.37. The number of aromatic amines is 1. The highest BCUT2D eigenvalue weighted by Gasteiger charge is 2.55. The summed E-state index contributed by atoms with van der Waals surface area (Å²) in [5.74, 6) is 2.13. The molecule has 4 bridgehead atoms. The van der Waals surface area contributed by atoms with E-state index in [1.165, 1.54) is 0 Å². The highest BCUT2D eigenvalue weighted by Crippen LogP contribution is 2.55. The number of benzene rings is 1. The summed E-state index contributed by atoms with van der Waals surface area (Å²) in [6, 6.07) is 5.87. The Morgan fingerprint density at radius 2 is 2.10 bits per heavy atom. The van der Waals surface area contributed by atoms with E-state index < -0.39 is 5.60 Å². The zero-order chi connectivity index (χ0) is 20.3. The second-order valence-electron chi connectivity index (χ2n) is 9.43. The molecule has 9 nitrogen and oxygen atoms in total.